The molecule has 1 aliphatic rings. The van der Waals surface area contributed by atoms with Gasteiger partial charge in [0.2, 0.25) is 5.78 Å². The summed E-state index contributed by atoms with van der Waals surface area (Å²) in [4.78, 5) is 22.3. The number of hydrogen-bond donors (Lipinski definition) is 0. The van der Waals surface area contributed by atoms with E-state index in [0.717, 1.165) is 50.2 Å². The van der Waals surface area contributed by atoms with Crippen LogP contribution in [0.2, 0.25) is 0 Å². The molecule has 0 bridgehead atoms. The normalized spacial score (nSPS) is 15.9. The minimum Gasteiger partial charge on any atom is -0.325 e. The molecule has 0 aliphatic heterocycles. The predicted octanol–water partition coefficient (Wildman–Crippen LogP) is 2.72. The van der Waals surface area contributed by atoms with Crippen molar-refractivity contribution in [2.75, 3.05) is 0 Å². The topological polar surface area (TPSA) is 70.0 Å². The maximum absolute atomic E-state index is 13.0. The Labute approximate surface area is 140 Å². The Morgan fingerprint density at radius 2 is 1.92 bits per heavy atom. The smallest absolute Gasteiger partial charge is 0.301 e. The molecule has 0 spiro atoms. The van der Waals surface area contributed by atoms with E-state index in [1.807, 2.05) is 9.13 Å². The second-order valence-electron chi connectivity index (χ2n) is 6.73. The van der Waals surface area contributed by atoms with E-state index in [1.165, 1.54) is 17.4 Å². The highest BCUT2D eigenvalue weighted by molar-refractivity contribution is 5.72. The molecule has 0 atom stereocenters. The van der Waals surface area contributed by atoms with E-state index in [-0.39, 0.29) is 5.56 Å². The fraction of sp³-hybridized carbons (Fsp3) is 0.647. The molecule has 3 aromatic rings. The molecule has 0 N–H and O–H groups in total. The Bertz CT molecular complexity index is 928. The molecular formula is C17H24N6O. The van der Waals surface area contributed by atoms with Crippen LogP contribution in [0.4, 0.5) is 0 Å². The Morgan fingerprint density at radius 1 is 1.17 bits per heavy atom. The van der Waals surface area contributed by atoms with Gasteiger partial charge in [-0.05, 0) is 25.7 Å². The van der Waals surface area contributed by atoms with Crippen molar-refractivity contribution in [1.82, 2.24) is 28.7 Å². The number of hydrogen-bond acceptors (Lipinski definition) is 4. The van der Waals surface area contributed by atoms with Crippen LogP contribution in [0.15, 0.2) is 11.1 Å². The summed E-state index contributed by atoms with van der Waals surface area (Å²) in [6.07, 6.45) is 8.38. The van der Waals surface area contributed by atoms with E-state index < -0.39 is 0 Å². The van der Waals surface area contributed by atoms with Crippen LogP contribution in [-0.2, 0) is 13.1 Å². The fourth-order valence-electron chi connectivity index (χ4n) is 3.81. The van der Waals surface area contributed by atoms with Crippen LogP contribution in [0.3, 0.4) is 0 Å². The van der Waals surface area contributed by atoms with Crippen molar-refractivity contribution in [2.45, 2.75) is 71.4 Å². The lowest BCUT2D eigenvalue weighted by molar-refractivity contribution is 0.661. The average Bonchev–Trinajstić information content (AvgIpc) is 3.30. The standard InChI is InChI=1S/C17H24N6O/c1-3-9-21-11-18-15-13(21)16(24)23-17(22(15)10-4-2)19-14(20-23)12-7-5-6-8-12/h11-12H,3-10H2,1-2H3. The third-order valence-corrected chi connectivity index (χ3v) is 4.95. The molecule has 4 rings (SSSR count). The molecule has 7 nitrogen and oxygen atoms in total. The number of aryl methyl sites for hydroxylation is 2. The molecule has 0 saturated heterocycles. The number of aromatic nitrogens is 6. The third kappa shape index (κ3) is 2.25. The first-order valence-electron chi connectivity index (χ1n) is 9.08. The molecule has 1 aliphatic carbocycles. The van der Waals surface area contributed by atoms with E-state index in [1.54, 1.807) is 6.33 Å². The zero-order valence-electron chi connectivity index (χ0n) is 14.4. The summed E-state index contributed by atoms with van der Waals surface area (Å²) in [5.74, 6) is 1.85. The Balaban J connectivity index is 2.00. The zero-order valence-corrected chi connectivity index (χ0v) is 14.4. The van der Waals surface area contributed by atoms with Gasteiger partial charge in [-0.15, -0.1) is 5.10 Å². The predicted molar refractivity (Wildman–Crippen MR) is 92.3 cm³/mol. The van der Waals surface area contributed by atoms with Crippen molar-refractivity contribution >= 4 is 16.9 Å². The summed E-state index contributed by atoms with van der Waals surface area (Å²) in [6, 6.07) is 0. The third-order valence-electron chi connectivity index (χ3n) is 4.95. The van der Waals surface area contributed by atoms with Gasteiger partial charge in [-0.1, -0.05) is 26.7 Å². The van der Waals surface area contributed by atoms with Crippen LogP contribution in [0, 0.1) is 0 Å². The first kappa shape index (κ1) is 15.4. The molecule has 0 radical (unpaired) electrons. The molecule has 0 amide bonds. The lowest BCUT2D eigenvalue weighted by Gasteiger charge is -2.08. The van der Waals surface area contributed by atoms with Crippen molar-refractivity contribution in [1.29, 1.82) is 0 Å². The van der Waals surface area contributed by atoms with Crippen LogP contribution in [-0.4, -0.2) is 28.7 Å². The summed E-state index contributed by atoms with van der Waals surface area (Å²) in [5, 5.41) is 4.60. The molecule has 128 valence electrons. The van der Waals surface area contributed by atoms with E-state index >= 15 is 0 Å². The van der Waals surface area contributed by atoms with Crippen LogP contribution in [0.1, 0.15) is 64.1 Å². The largest absolute Gasteiger partial charge is 0.325 e. The lowest BCUT2D eigenvalue weighted by Crippen LogP contribution is -2.22. The van der Waals surface area contributed by atoms with Gasteiger partial charge >= 0.3 is 5.56 Å². The zero-order chi connectivity index (χ0) is 16.7. The first-order chi connectivity index (χ1) is 11.7. The number of fused-ring (bicyclic) bond motifs is 2. The quantitative estimate of drug-likeness (QED) is 0.722. The second-order valence-corrected chi connectivity index (χ2v) is 6.73. The van der Waals surface area contributed by atoms with Gasteiger partial charge in [-0.2, -0.15) is 9.50 Å². The van der Waals surface area contributed by atoms with E-state index in [9.17, 15) is 4.79 Å². The first-order valence-corrected chi connectivity index (χ1v) is 9.08. The van der Waals surface area contributed by atoms with Crippen LogP contribution in [0.5, 0.6) is 0 Å². The number of rotatable bonds is 5. The highest BCUT2D eigenvalue weighted by Crippen LogP contribution is 2.32. The maximum Gasteiger partial charge on any atom is 0.301 e. The minimum atomic E-state index is -0.102. The molecule has 1 saturated carbocycles. The summed E-state index contributed by atoms with van der Waals surface area (Å²) in [5.41, 5.74) is 1.27. The van der Waals surface area contributed by atoms with Crippen LogP contribution < -0.4 is 5.56 Å². The van der Waals surface area contributed by atoms with Crippen LogP contribution >= 0.6 is 0 Å². The molecule has 7 heteroatoms. The van der Waals surface area contributed by atoms with Crippen molar-refractivity contribution in [3.63, 3.8) is 0 Å². The number of imidazole rings is 1. The summed E-state index contributed by atoms with van der Waals surface area (Å²) in [6.45, 7) is 5.79. The van der Waals surface area contributed by atoms with Gasteiger partial charge in [-0.3, -0.25) is 9.36 Å². The summed E-state index contributed by atoms with van der Waals surface area (Å²) < 4.78 is 5.49. The van der Waals surface area contributed by atoms with Crippen LogP contribution in [0.25, 0.3) is 16.9 Å². The van der Waals surface area contributed by atoms with Gasteiger partial charge in [0.25, 0.3) is 0 Å². The van der Waals surface area contributed by atoms with Crippen molar-refractivity contribution in [2.24, 2.45) is 0 Å². The molecule has 1 fully saturated rings. The second kappa shape index (κ2) is 6.03. The maximum atomic E-state index is 13.0. The van der Waals surface area contributed by atoms with Gasteiger partial charge in [-0.25, -0.2) is 4.98 Å². The molecule has 24 heavy (non-hydrogen) atoms. The lowest BCUT2D eigenvalue weighted by atomic mass is 10.1. The van der Waals surface area contributed by atoms with Gasteiger partial charge in [0, 0.05) is 19.0 Å². The molecule has 3 aromatic heterocycles. The Morgan fingerprint density at radius 3 is 2.62 bits per heavy atom. The monoisotopic (exact) mass is 328 g/mol. The molecular weight excluding hydrogens is 304 g/mol. The van der Waals surface area contributed by atoms with Gasteiger partial charge in [0.05, 0.1) is 6.33 Å². The van der Waals surface area contributed by atoms with Gasteiger partial charge in [0.1, 0.15) is 0 Å². The summed E-state index contributed by atoms with van der Waals surface area (Å²) >= 11 is 0. The molecule has 0 unspecified atom stereocenters. The SMILES string of the molecule is CCCn1cnc2c1c(=O)n1nc(C3CCCC3)nc1n2CCC. The van der Waals surface area contributed by atoms with Crippen molar-refractivity contribution in [3.8, 4) is 0 Å². The van der Waals surface area contributed by atoms with E-state index in [4.69, 9.17) is 4.98 Å². The van der Waals surface area contributed by atoms with Gasteiger partial charge in [0.15, 0.2) is 17.0 Å². The average molecular weight is 328 g/mol. The van der Waals surface area contributed by atoms with Crippen molar-refractivity contribution < 1.29 is 0 Å². The van der Waals surface area contributed by atoms with Crippen molar-refractivity contribution in [3.05, 3.63) is 22.5 Å². The van der Waals surface area contributed by atoms with Gasteiger partial charge < -0.3 is 4.57 Å². The Kier molecular flexibility index (Phi) is 3.86. The number of nitrogens with zero attached hydrogens (tertiary/aromatic N) is 6. The Hall–Kier alpha value is -2.18. The fourth-order valence-corrected chi connectivity index (χ4v) is 3.81. The molecule has 0 aromatic carbocycles. The summed E-state index contributed by atoms with van der Waals surface area (Å²) in [7, 11) is 0. The van der Waals surface area contributed by atoms with E-state index in [0.29, 0.717) is 17.2 Å². The van der Waals surface area contributed by atoms with E-state index in [2.05, 4.69) is 23.9 Å². The highest BCUT2D eigenvalue weighted by Gasteiger charge is 2.24. The molecule has 3 heterocycles. The minimum absolute atomic E-state index is 0.102. The highest BCUT2D eigenvalue weighted by atomic mass is 16.1.